The Hall–Kier alpha value is -1.23. The molecule has 100 valence electrons. The Bertz CT molecular complexity index is 423. The number of oxime groups is 1. The largest absolute Gasteiger partial charge is 0.409 e. The van der Waals surface area contributed by atoms with Gasteiger partial charge in [0.05, 0.1) is 0 Å². The third-order valence-electron chi connectivity index (χ3n) is 2.88. The van der Waals surface area contributed by atoms with E-state index in [1.807, 2.05) is 0 Å². The smallest absolute Gasteiger partial charge is 0.141 e. The molecule has 0 fully saturated rings. The summed E-state index contributed by atoms with van der Waals surface area (Å²) in [6.45, 7) is 6.19. The summed E-state index contributed by atoms with van der Waals surface area (Å²) in [5.74, 6) is 0.250. The maximum atomic E-state index is 8.60. The van der Waals surface area contributed by atoms with Crippen molar-refractivity contribution in [3.05, 3.63) is 27.7 Å². The third kappa shape index (κ3) is 3.91. The Kier molecular flexibility index (Phi) is 5.47. The van der Waals surface area contributed by atoms with Crippen molar-refractivity contribution in [3.63, 3.8) is 0 Å². The standard InChI is InChI=1S/C13H20BrN3O/c1-4-10(7-12(15)17-18)16-11-5-8(2)13(14)9(3)6-11/h5-6,10,16,18H,4,7H2,1-3H3,(H2,15,17). The Morgan fingerprint density at radius 1 is 1.44 bits per heavy atom. The van der Waals surface area contributed by atoms with Crippen LogP contribution in [0.4, 0.5) is 5.69 Å². The number of rotatable bonds is 5. The molecular formula is C13H20BrN3O. The molecule has 4 N–H and O–H groups in total. The van der Waals surface area contributed by atoms with Gasteiger partial charge in [-0.25, -0.2) is 0 Å². The highest BCUT2D eigenvalue weighted by atomic mass is 79.9. The molecule has 0 saturated heterocycles. The minimum Gasteiger partial charge on any atom is -0.409 e. The molecule has 1 aromatic rings. The summed E-state index contributed by atoms with van der Waals surface area (Å²) >= 11 is 3.55. The average Bonchev–Trinajstić information content (AvgIpc) is 2.34. The summed E-state index contributed by atoms with van der Waals surface area (Å²) < 4.78 is 1.14. The summed E-state index contributed by atoms with van der Waals surface area (Å²) in [5, 5.41) is 15.0. The molecule has 0 aliphatic heterocycles. The molecule has 4 nitrogen and oxygen atoms in total. The van der Waals surface area contributed by atoms with E-state index in [2.05, 4.69) is 59.3 Å². The van der Waals surface area contributed by atoms with Crippen molar-refractivity contribution in [1.29, 1.82) is 0 Å². The Morgan fingerprint density at radius 2 is 2.00 bits per heavy atom. The normalized spacial score (nSPS) is 13.4. The Morgan fingerprint density at radius 3 is 2.44 bits per heavy atom. The highest BCUT2D eigenvalue weighted by Crippen LogP contribution is 2.25. The lowest BCUT2D eigenvalue weighted by molar-refractivity contribution is 0.316. The zero-order valence-electron chi connectivity index (χ0n) is 11.0. The SMILES string of the molecule is CCC(C/C(N)=N/O)Nc1cc(C)c(Br)c(C)c1. The van der Waals surface area contributed by atoms with Gasteiger partial charge in [0.1, 0.15) is 5.84 Å². The van der Waals surface area contributed by atoms with Gasteiger partial charge in [0.25, 0.3) is 0 Å². The Labute approximate surface area is 116 Å². The van der Waals surface area contributed by atoms with E-state index in [-0.39, 0.29) is 11.9 Å². The number of nitrogens with one attached hydrogen (secondary N) is 1. The van der Waals surface area contributed by atoms with Gasteiger partial charge >= 0.3 is 0 Å². The molecule has 0 aliphatic carbocycles. The van der Waals surface area contributed by atoms with Crippen LogP contribution in [-0.2, 0) is 0 Å². The second-order valence-electron chi connectivity index (χ2n) is 4.47. The van der Waals surface area contributed by atoms with Crippen molar-refractivity contribution in [2.24, 2.45) is 10.9 Å². The van der Waals surface area contributed by atoms with Gasteiger partial charge in [0.2, 0.25) is 0 Å². The first-order valence-corrected chi connectivity index (χ1v) is 6.76. The molecule has 5 heteroatoms. The lowest BCUT2D eigenvalue weighted by Gasteiger charge is -2.19. The average molecular weight is 314 g/mol. The first kappa shape index (κ1) is 14.8. The van der Waals surface area contributed by atoms with Crippen LogP contribution < -0.4 is 11.1 Å². The van der Waals surface area contributed by atoms with E-state index in [0.717, 1.165) is 16.6 Å². The molecule has 0 heterocycles. The van der Waals surface area contributed by atoms with Crippen molar-refractivity contribution in [2.75, 3.05) is 5.32 Å². The number of nitrogens with zero attached hydrogens (tertiary/aromatic N) is 1. The molecule has 0 spiro atoms. The summed E-state index contributed by atoms with van der Waals surface area (Å²) in [4.78, 5) is 0. The molecule has 1 atom stereocenters. The Balaban J connectivity index is 2.82. The monoisotopic (exact) mass is 313 g/mol. The molecule has 1 rings (SSSR count). The number of halogens is 1. The molecule has 18 heavy (non-hydrogen) atoms. The van der Waals surface area contributed by atoms with E-state index in [9.17, 15) is 0 Å². The minimum atomic E-state index is 0.167. The fraction of sp³-hybridized carbons (Fsp3) is 0.462. The highest BCUT2D eigenvalue weighted by molar-refractivity contribution is 9.10. The van der Waals surface area contributed by atoms with Crippen LogP contribution in [0.5, 0.6) is 0 Å². The summed E-state index contributed by atoms with van der Waals surface area (Å²) in [5.41, 5.74) is 8.98. The molecule has 0 amide bonds. The van der Waals surface area contributed by atoms with Crippen LogP contribution in [0.2, 0.25) is 0 Å². The molecule has 0 saturated carbocycles. The molecule has 0 aromatic heterocycles. The number of anilines is 1. The van der Waals surface area contributed by atoms with Gasteiger partial charge in [-0.2, -0.15) is 0 Å². The maximum absolute atomic E-state index is 8.60. The van der Waals surface area contributed by atoms with Gasteiger partial charge < -0.3 is 16.3 Å². The van der Waals surface area contributed by atoms with E-state index in [1.165, 1.54) is 11.1 Å². The fourth-order valence-corrected chi connectivity index (χ4v) is 2.08. The van der Waals surface area contributed by atoms with Crippen LogP contribution in [0.1, 0.15) is 30.9 Å². The van der Waals surface area contributed by atoms with Crippen molar-refractivity contribution in [1.82, 2.24) is 0 Å². The summed E-state index contributed by atoms with van der Waals surface area (Å²) in [6.07, 6.45) is 1.44. The minimum absolute atomic E-state index is 0.167. The van der Waals surface area contributed by atoms with Crippen molar-refractivity contribution in [3.8, 4) is 0 Å². The van der Waals surface area contributed by atoms with Gasteiger partial charge in [-0.05, 0) is 43.5 Å². The molecule has 1 unspecified atom stereocenters. The summed E-state index contributed by atoms with van der Waals surface area (Å²) in [6, 6.07) is 4.35. The first-order chi connectivity index (χ1) is 8.47. The quantitative estimate of drug-likeness (QED) is 0.338. The zero-order valence-corrected chi connectivity index (χ0v) is 12.6. The number of hydrogen-bond acceptors (Lipinski definition) is 3. The molecule has 1 aromatic carbocycles. The van der Waals surface area contributed by atoms with Gasteiger partial charge in [-0.3, -0.25) is 0 Å². The third-order valence-corrected chi connectivity index (χ3v) is 4.13. The number of nitrogens with two attached hydrogens (primary N) is 1. The fourth-order valence-electron chi connectivity index (χ4n) is 1.86. The van der Waals surface area contributed by atoms with E-state index < -0.39 is 0 Å². The molecule has 0 bridgehead atoms. The van der Waals surface area contributed by atoms with Crippen LogP contribution in [0, 0.1) is 13.8 Å². The van der Waals surface area contributed by atoms with E-state index in [4.69, 9.17) is 10.9 Å². The molecular weight excluding hydrogens is 294 g/mol. The van der Waals surface area contributed by atoms with Crippen LogP contribution in [-0.4, -0.2) is 17.1 Å². The van der Waals surface area contributed by atoms with Crippen LogP contribution in [0.25, 0.3) is 0 Å². The molecule has 0 aliphatic rings. The predicted octanol–water partition coefficient (Wildman–Crippen LogP) is 3.39. The van der Waals surface area contributed by atoms with Crippen molar-refractivity contribution >= 4 is 27.5 Å². The van der Waals surface area contributed by atoms with E-state index >= 15 is 0 Å². The predicted molar refractivity (Wildman–Crippen MR) is 79.3 cm³/mol. The van der Waals surface area contributed by atoms with Crippen molar-refractivity contribution < 1.29 is 5.21 Å². The summed E-state index contributed by atoms with van der Waals surface area (Å²) in [7, 11) is 0. The lowest BCUT2D eigenvalue weighted by Crippen LogP contribution is -2.26. The van der Waals surface area contributed by atoms with Gasteiger partial charge in [-0.1, -0.05) is 28.0 Å². The highest BCUT2D eigenvalue weighted by Gasteiger charge is 2.10. The topological polar surface area (TPSA) is 70.6 Å². The second kappa shape index (κ2) is 6.64. The maximum Gasteiger partial charge on any atom is 0.141 e. The van der Waals surface area contributed by atoms with Crippen LogP contribution in [0.3, 0.4) is 0 Å². The van der Waals surface area contributed by atoms with E-state index in [1.54, 1.807) is 0 Å². The van der Waals surface area contributed by atoms with Gasteiger partial charge in [0.15, 0.2) is 0 Å². The number of benzene rings is 1. The second-order valence-corrected chi connectivity index (χ2v) is 5.26. The lowest BCUT2D eigenvalue weighted by atomic mass is 10.1. The number of hydrogen-bond donors (Lipinski definition) is 3. The van der Waals surface area contributed by atoms with Gasteiger partial charge in [-0.15, -0.1) is 0 Å². The number of amidine groups is 1. The molecule has 0 radical (unpaired) electrons. The van der Waals surface area contributed by atoms with Crippen molar-refractivity contribution in [2.45, 2.75) is 39.7 Å². The number of aryl methyl sites for hydroxylation is 2. The zero-order chi connectivity index (χ0) is 13.7. The van der Waals surface area contributed by atoms with Gasteiger partial charge in [0, 0.05) is 22.6 Å². The first-order valence-electron chi connectivity index (χ1n) is 5.97. The van der Waals surface area contributed by atoms with E-state index in [0.29, 0.717) is 6.42 Å². The van der Waals surface area contributed by atoms with Crippen LogP contribution in [0.15, 0.2) is 21.8 Å². The van der Waals surface area contributed by atoms with Crippen LogP contribution >= 0.6 is 15.9 Å².